The lowest BCUT2D eigenvalue weighted by Gasteiger charge is -2.06. The molecule has 0 aromatic rings. The van der Waals surface area contributed by atoms with Gasteiger partial charge in [0, 0.05) is 26.3 Å². The smallest absolute Gasteiger partial charge is 0.0462 e. The number of hydrogen-bond acceptors (Lipinski definition) is 3. The molecular weight excluding hydrogens is 116 g/mol. The molecule has 0 rings (SSSR count). The molecule has 0 aliphatic heterocycles. The molecule has 0 fully saturated rings. The molecular formula is C6H16N2O. The summed E-state index contributed by atoms with van der Waals surface area (Å²) in [5.41, 5.74) is 10.8. The monoisotopic (exact) mass is 132 g/mol. The molecule has 4 N–H and O–H groups in total. The minimum absolute atomic E-state index is 0.153. The summed E-state index contributed by atoms with van der Waals surface area (Å²) in [6, 6.07) is 0.153. The lowest BCUT2D eigenvalue weighted by atomic mass is 10.2. The fourth-order valence-corrected chi connectivity index (χ4v) is 0.608. The van der Waals surface area contributed by atoms with Crippen molar-refractivity contribution in [1.29, 1.82) is 0 Å². The quantitative estimate of drug-likeness (QED) is 0.505. The molecule has 0 aliphatic carbocycles. The van der Waals surface area contributed by atoms with E-state index in [0.29, 0.717) is 6.54 Å². The lowest BCUT2D eigenvalue weighted by molar-refractivity contribution is 0.190. The maximum Gasteiger partial charge on any atom is 0.0462 e. The molecule has 0 aromatic carbocycles. The maximum atomic E-state index is 5.53. The van der Waals surface area contributed by atoms with Crippen molar-refractivity contribution < 1.29 is 4.74 Å². The summed E-state index contributed by atoms with van der Waals surface area (Å²) in [7, 11) is 1.69. The number of rotatable bonds is 5. The van der Waals surface area contributed by atoms with Gasteiger partial charge < -0.3 is 16.2 Å². The summed E-state index contributed by atoms with van der Waals surface area (Å²) in [5.74, 6) is 0. The van der Waals surface area contributed by atoms with E-state index in [1.54, 1.807) is 7.11 Å². The van der Waals surface area contributed by atoms with Gasteiger partial charge in [-0.3, -0.25) is 0 Å². The topological polar surface area (TPSA) is 61.3 Å². The van der Waals surface area contributed by atoms with Crippen LogP contribution in [0.25, 0.3) is 0 Å². The first kappa shape index (κ1) is 8.88. The van der Waals surface area contributed by atoms with Gasteiger partial charge in [0.2, 0.25) is 0 Å². The van der Waals surface area contributed by atoms with Crippen LogP contribution in [0.3, 0.4) is 0 Å². The molecule has 0 aliphatic rings. The Morgan fingerprint density at radius 2 is 2.22 bits per heavy atom. The van der Waals surface area contributed by atoms with Crippen molar-refractivity contribution in [3.8, 4) is 0 Å². The van der Waals surface area contributed by atoms with Crippen LogP contribution in [0.1, 0.15) is 12.8 Å². The van der Waals surface area contributed by atoms with Crippen LogP contribution in [-0.2, 0) is 4.74 Å². The second kappa shape index (κ2) is 6.01. The minimum atomic E-state index is 0.153. The van der Waals surface area contributed by atoms with E-state index in [0.717, 1.165) is 19.4 Å². The third-order valence-corrected chi connectivity index (χ3v) is 1.23. The van der Waals surface area contributed by atoms with E-state index in [1.165, 1.54) is 0 Å². The summed E-state index contributed by atoms with van der Waals surface area (Å²) in [5, 5.41) is 0. The van der Waals surface area contributed by atoms with Gasteiger partial charge in [-0.05, 0) is 12.8 Å². The first-order chi connectivity index (χ1) is 4.31. The summed E-state index contributed by atoms with van der Waals surface area (Å²) in [6.45, 7) is 1.36. The van der Waals surface area contributed by atoms with E-state index in [9.17, 15) is 0 Å². The molecule has 0 amide bonds. The van der Waals surface area contributed by atoms with Crippen LogP contribution < -0.4 is 11.5 Å². The number of nitrogens with two attached hydrogens (primary N) is 2. The van der Waals surface area contributed by atoms with Gasteiger partial charge >= 0.3 is 0 Å². The molecule has 0 heterocycles. The third-order valence-electron chi connectivity index (χ3n) is 1.23. The van der Waals surface area contributed by atoms with E-state index in [2.05, 4.69) is 0 Å². The van der Waals surface area contributed by atoms with Gasteiger partial charge in [-0.15, -0.1) is 0 Å². The highest BCUT2D eigenvalue weighted by Crippen LogP contribution is 1.91. The molecule has 3 nitrogen and oxygen atoms in total. The van der Waals surface area contributed by atoms with Crippen molar-refractivity contribution in [3.05, 3.63) is 0 Å². The Labute approximate surface area is 56.4 Å². The largest absolute Gasteiger partial charge is 0.385 e. The van der Waals surface area contributed by atoms with Crippen molar-refractivity contribution >= 4 is 0 Å². The molecule has 0 bridgehead atoms. The van der Waals surface area contributed by atoms with Crippen molar-refractivity contribution in [2.24, 2.45) is 11.5 Å². The van der Waals surface area contributed by atoms with E-state index in [4.69, 9.17) is 16.2 Å². The summed E-state index contributed by atoms with van der Waals surface area (Å²) < 4.78 is 4.84. The molecule has 0 radical (unpaired) electrons. The predicted molar refractivity (Wildman–Crippen MR) is 38.1 cm³/mol. The Kier molecular flexibility index (Phi) is 5.93. The second-order valence-electron chi connectivity index (χ2n) is 2.13. The van der Waals surface area contributed by atoms with Gasteiger partial charge in [0.15, 0.2) is 0 Å². The van der Waals surface area contributed by atoms with Crippen LogP contribution in [0.5, 0.6) is 0 Å². The molecule has 0 spiro atoms. The third kappa shape index (κ3) is 5.76. The molecule has 56 valence electrons. The van der Waals surface area contributed by atoms with E-state index < -0.39 is 0 Å². The zero-order chi connectivity index (χ0) is 7.11. The van der Waals surface area contributed by atoms with Crippen molar-refractivity contribution in [2.75, 3.05) is 20.3 Å². The zero-order valence-corrected chi connectivity index (χ0v) is 5.97. The van der Waals surface area contributed by atoms with Gasteiger partial charge in [-0.25, -0.2) is 0 Å². The zero-order valence-electron chi connectivity index (χ0n) is 5.97. The standard InChI is InChI=1S/C6H16N2O/c1-9-4-2-3-6(8)5-7/h6H,2-5,7-8H2,1H3. The van der Waals surface area contributed by atoms with Crippen LogP contribution in [0.4, 0.5) is 0 Å². The Balaban J connectivity index is 2.88. The van der Waals surface area contributed by atoms with Crippen LogP contribution in [0, 0.1) is 0 Å². The first-order valence-corrected chi connectivity index (χ1v) is 3.26. The molecule has 0 saturated heterocycles. The highest BCUT2D eigenvalue weighted by atomic mass is 16.5. The van der Waals surface area contributed by atoms with Crippen LogP contribution in [-0.4, -0.2) is 26.3 Å². The van der Waals surface area contributed by atoms with E-state index >= 15 is 0 Å². The van der Waals surface area contributed by atoms with Crippen molar-refractivity contribution in [1.82, 2.24) is 0 Å². The molecule has 1 atom stereocenters. The molecule has 0 aromatic heterocycles. The fraction of sp³-hybridized carbons (Fsp3) is 1.00. The van der Waals surface area contributed by atoms with Crippen LogP contribution in [0.15, 0.2) is 0 Å². The SMILES string of the molecule is COCCCC(N)CN. The molecule has 9 heavy (non-hydrogen) atoms. The maximum absolute atomic E-state index is 5.53. The summed E-state index contributed by atoms with van der Waals surface area (Å²) in [6.07, 6.45) is 1.97. The van der Waals surface area contributed by atoms with Crippen LogP contribution >= 0.6 is 0 Å². The van der Waals surface area contributed by atoms with Gasteiger partial charge in [0.1, 0.15) is 0 Å². The Hall–Kier alpha value is -0.120. The lowest BCUT2D eigenvalue weighted by Crippen LogP contribution is -2.29. The van der Waals surface area contributed by atoms with E-state index in [-0.39, 0.29) is 6.04 Å². The first-order valence-electron chi connectivity index (χ1n) is 3.26. The van der Waals surface area contributed by atoms with Crippen molar-refractivity contribution in [3.63, 3.8) is 0 Å². The second-order valence-corrected chi connectivity index (χ2v) is 2.13. The number of ether oxygens (including phenoxy) is 1. The molecule has 0 saturated carbocycles. The minimum Gasteiger partial charge on any atom is -0.385 e. The van der Waals surface area contributed by atoms with E-state index in [1.807, 2.05) is 0 Å². The molecule has 3 heteroatoms. The van der Waals surface area contributed by atoms with Crippen molar-refractivity contribution in [2.45, 2.75) is 18.9 Å². The predicted octanol–water partition coefficient (Wildman–Crippen LogP) is -0.301. The highest BCUT2D eigenvalue weighted by Gasteiger charge is 1.96. The Morgan fingerprint density at radius 3 is 2.67 bits per heavy atom. The van der Waals surface area contributed by atoms with Gasteiger partial charge in [0.25, 0.3) is 0 Å². The van der Waals surface area contributed by atoms with Crippen LogP contribution in [0.2, 0.25) is 0 Å². The fourth-order valence-electron chi connectivity index (χ4n) is 0.608. The number of methoxy groups -OCH3 is 1. The average molecular weight is 132 g/mol. The van der Waals surface area contributed by atoms with Gasteiger partial charge in [-0.1, -0.05) is 0 Å². The molecule has 1 unspecified atom stereocenters. The van der Waals surface area contributed by atoms with Gasteiger partial charge in [0.05, 0.1) is 0 Å². The summed E-state index contributed by atoms with van der Waals surface area (Å²) in [4.78, 5) is 0. The average Bonchev–Trinajstić information content (AvgIpc) is 1.89. The van der Waals surface area contributed by atoms with Gasteiger partial charge in [-0.2, -0.15) is 0 Å². The number of hydrogen-bond donors (Lipinski definition) is 2. The summed E-state index contributed by atoms with van der Waals surface area (Å²) >= 11 is 0. The Morgan fingerprint density at radius 1 is 1.56 bits per heavy atom. The Bertz CT molecular complexity index is 59.0. The normalized spacial score (nSPS) is 13.7. The highest BCUT2D eigenvalue weighted by molar-refractivity contribution is 4.60.